The van der Waals surface area contributed by atoms with Gasteiger partial charge in [-0.05, 0) is 24.6 Å². The zero-order chi connectivity index (χ0) is 21.3. The zero-order valence-corrected chi connectivity index (χ0v) is 16.2. The normalized spacial score (nSPS) is 11.2. The van der Waals surface area contributed by atoms with E-state index >= 15 is 0 Å². The van der Waals surface area contributed by atoms with Gasteiger partial charge in [0.25, 0.3) is 11.8 Å². The third-order valence-electron chi connectivity index (χ3n) is 4.20. The van der Waals surface area contributed by atoms with Crippen LogP contribution in [-0.4, -0.2) is 34.4 Å². The molecule has 0 saturated heterocycles. The van der Waals surface area contributed by atoms with E-state index in [4.69, 9.17) is 4.74 Å². The highest BCUT2D eigenvalue weighted by Crippen LogP contribution is 2.18. The van der Waals surface area contributed by atoms with Crippen LogP contribution in [0, 0.1) is 0 Å². The largest absolute Gasteiger partial charge is 0.451 e. The molecule has 152 valence electrons. The summed E-state index contributed by atoms with van der Waals surface area (Å²) < 4.78 is 4.93. The lowest BCUT2D eigenvalue weighted by atomic mass is 10.1. The molecule has 2 N–H and O–H groups in total. The van der Waals surface area contributed by atoms with Crippen molar-refractivity contribution < 1.29 is 19.1 Å². The third kappa shape index (κ3) is 5.48. The Kier molecular flexibility index (Phi) is 6.83. The van der Waals surface area contributed by atoms with E-state index in [-0.39, 0.29) is 17.6 Å². The van der Waals surface area contributed by atoms with Crippen molar-refractivity contribution in [1.29, 1.82) is 0 Å². The fourth-order valence-corrected chi connectivity index (χ4v) is 2.69. The molecular formula is C22H20N4O4. The van der Waals surface area contributed by atoms with Crippen molar-refractivity contribution in [3.05, 3.63) is 90.0 Å². The molecule has 0 aliphatic rings. The van der Waals surface area contributed by atoms with Crippen molar-refractivity contribution in [2.75, 3.05) is 11.9 Å². The van der Waals surface area contributed by atoms with Crippen LogP contribution in [0.1, 0.15) is 39.4 Å². The second kappa shape index (κ2) is 9.92. The Bertz CT molecular complexity index is 1030. The van der Waals surface area contributed by atoms with Gasteiger partial charge in [-0.15, -0.1) is 0 Å². The zero-order valence-electron chi connectivity index (χ0n) is 16.2. The smallest absolute Gasteiger partial charge is 0.359 e. The van der Waals surface area contributed by atoms with E-state index in [1.807, 2.05) is 37.3 Å². The molecule has 0 radical (unpaired) electrons. The summed E-state index contributed by atoms with van der Waals surface area (Å²) in [6.45, 7) is 1.35. The first-order chi connectivity index (χ1) is 14.5. The van der Waals surface area contributed by atoms with Crippen LogP contribution >= 0.6 is 0 Å². The van der Waals surface area contributed by atoms with Crippen molar-refractivity contribution in [3.63, 3.8) is 0 Å². The average Bonchev–Trinajstić information content (AvgIpc) is 2.79. The van der Waals surface area contributed by atoms with Crippen LogP contribution in [0.4, 0.5) is 5.69 Å². The van der Waals surface area contributed by atoms with Crippen molar-refractivity contribution in [2.24, 2.45) is 0 Å². The molecule has 0 saturated carbocycles. The van der Waals surface area contributed by atoms with E-state index in [1.54, 1.807) is 24.3 Å². The molecule has 8 nitrogen and oxygen atoms in total. The van der Waals surface area contributed by atoms with E-state index < -0.39 is 18.5 Å². The van der Waals surface area contributed by atoms with Gasteiger partial charge in [0.15, 0.2) is 12.3 Å². The Morgan fingerprint density at radius 3 is 2.47 bits per heavy atom. The molecule has 0 aliphatic carbocycles. The van der Waals surface area contributed by atoms with E-state index in [2.05, 4.69) is 20.6 Å². The summed E-state index contributed by atoms with van der Waals surface area (Å²) in [6, 6.07) is 15.9. The monoisotopic (exact) mass is 404 g/mol. The maximum atomic E-state index is 12.7. The number of amides is 2. The molecule has 2 amide bonds. The molecule has 1 aromatic heterocycles. The van der Waals surface area contributed by atoms with Gasteiger partial charge in [-0.2, -0.15) is 0 Å². The SMILES string of the molecule is C[C@H](NC(=O)c1ccccc1NC(=O)COC(=O)c1cnccn1)c1ccccc1. The van der Waals surface area contributed by atoms with Gasteiger partial charge in [0, 0.05) is 12.4 Å². The lowest BCUT2D eigenvalue weighted by Crippen LogP contribution is -2.28. The number of hydrogen-bond donors (Lipinski definition) is 2. The molecule has 0 bridgehead atoms. The molecule has 3 rings (SSSR count). The van der Waals surface area contributed by atoms with Gasteiger partial charge in [-0.3, -0.25) is 14.6 Å². The van der Waals surface area contributed by atoms with Crippen LogP contribution < -0.4 is 10.6 Å². The number of carbonyl (C=O) groups excluding carboxylic acids is 3. The first-order valence-electron chi connectivity index (χ1n) is 9.22. The van der Waals surface area contributed by atoms with E-state index in [1.165, 1.54) is 18.6 Å². The van der Waals surface area contributed by atoms with Crippen LogP contribution in [0.3, 0.4) is 0 Å². The topological polar surface area (TPSA) is 110 Å². The highest BCUT2D eigenvalue weighted by molar-refractivity contribution is 6.04. The summed E-state index contributed by atoms with van der Waals surface area (Å²) in [6.07, 6.45) is 4.01. The number of benzene rings is 2. The van der Waals surface area contributed by atoms with Gasteiger partial charge in [0.05, 0.1) is 23.5 Å². The maximum Gasteiger partial charge on any atom is 0.359 e. The molecule has 0 spiro atoms. The number of carbonyl (C=O) groups is 3. The number of nitrogens with one attached hydrogen (secondary N) is 2. The van der Waals surface area contributed by atoms with Gasteiger partial charge in [-0.1, -0.05) is 42.5 Å². The second-order valence-corrected chi connectivity index (χ2v) is 6.37. The van der Waals surface area contributed by atoms with Crippen LogP contribution in [0.25, 0.3) is 0 Å². The van der Waals surface area contributed by atoms with E-state index in [0.29, 0.717) is 11.3 Å². The Hall–Kier alpha value is -4.07. The average molecular weight is 404 g/mol. The molecule has 0 unspecified atom stereocenters. The Balaban J connectivity index is 1.61. The molecule has 30 heavy (non-hydrogen) atoms. The molecule has 1 heterocycles. The Labute approximate surface area is 173 Å². The van der Waals surface area contributed by atoms with Gasteiger partial charge >= 0.3 is 5.97 Å². The van der Waals surface area contributed by atoms with Gasteiger partial charge in [0.2, 0.25) is 0 Å². The molecule has 1 atom stereocenters. The van der Waals surface area contributed by atoms with Gasteiger partial charge in [-0.25, -0.2) is 9.78 Å². The number of nitrogens with zero attached hydrogens (tertiary/aromatic N) is 2. The van der Waals surface area contributed by atoms with Crippen molar-refractivity contribution >= 4 is 23.5 Å². The third-order valence-corrected chi connectivity index (χ3v) is 4.20. The van der Waals surface area contributed by atoms with Crippen molar-refractivity contribution in [1.82, 2.24) is 15.3 Å². The second-order valence-electron chi connectivity index (χ2n) is 6.37. The van der Waals surface area contributed by atoms with Crippen molar-refractivity contribution in [2.45, 2.75) is 13.0 Å². The minimum absolute atomic E-state index is 0.0000208. The first kappa shape index (κ1) is 20.7. The summed E-state index contributed by atoms with van der Waals surface area (Å²) in [4.78, 5) is 44.4. The van der Waals surface area contributed by atoms with Crippen LogP contribution in [-0.2, 0) is 9.53 Å². The predicted molar refractivity (Wildman–Crippen MR) is 110 cm³/mol. The quantitative estimate of drug-likeness (QED) is 0.586. The standard InChI is InChI=1S/C22H20N4O4/c1-15(16-7-3-2-4-8-16)25-21(28)17-9-5-6-10-18(17)26-20(27)14-30-22(29)19-13-23-11-12-24-19/h2-13,15H,14H2,1H3,(H,25,28)(H,26,27)/t15-/m0/s1. The van der Waals surface area contributed by atoms with Crippen LogP contribution in [0.2, 0.25) is 0 Å². The lowest BCUT2D eigenvalue weighted by molar-refractivity contribution is -0.119. The fourth-order valence-electron chi connectivity index (χ4n) is 2.69. The van der Waals surface area contributed by atoms with Gasteiger partial charge < -0.3 is 15.4 Å². The summed E-state index contributed by atoms with van der Waals surface area (Å²) in [5.74, 6) is -1.68. The Morgan fingerprint density at radius 2 is 1.73 bits per heavy atom. The summed E-state index contributed by atoms with van der Waals surface area (Å²) >= 11 is 0. The van der Waals surface area contributed by atoms with Crippen molar-refractivity contribution in [3.8, 4) is 0 Å². The number of rotatable bonds is 7. The number of anilines is 1. The van der Waals surface area contributed by atoms with E-state index in [0.717, 1.165) is 5.56 Å². The minimum Gasteiger partial charge on any atom is -0.451 e. The highest BCUT2D eigenvalue weighted by atomic mass is 16.5. The summed E-state index contributed by atoms with van der Waals surface area (Å²) in [5, 5.41) is 5.51. The van der Waals surface area contributed by atoms with Gasteiger partial charge in [0.1, 0.15) is 0 Å². The fraction of sp³-hybridized carbons (Fsp3) is 0.136. The number of ether oxygens (including phenoxy) is 1. The first-order valence-corrected chi connectivity index (χ1v) is 9.22. The maximum absolute atomic E-state index is 12.7. The number of esters is 1. The molecule has 0 fully saturated rings. The molecule has 3 aromatic rings. The molecule has 2 aromatic carbocycles. The predicted octanol–water partition coefficient (Wildman–Crippen LogP) is 2.76. The van der Waals surface area contributed by atoms with Crippen LogP contribution in [0.15, 0.2) is 73.2 Å². The number of hydrogen-bond acceptors (Lipinski definition) is 6. The van der Waals surface area contributed by atoms with E-state index in [9.17, 15) is 14.4 Å². The molecule has 8 heteroatoms. The van der Waals surface area contributed by atoms with Crippen LogP contribution in [0.5, 0.6) is 0 Å². The lowest BCUT2D eigenvalue weighted by Gasteiger charge is -2.16. The minimum atomic E-state index is -0.763. The Morgan fingerprint density at radius 1 is 1.00 bits per heavy atom. The summed E-state index contributed by atoms with van der Waals surface area (Å²) in [5.41, 5.74) is 1.58. The number of aromatic nitrogens is 2. The molecule has 0 aliphatic heterocycles. The summed E-state index contributed by atoms with van der Waals surface area (Å²) in [7, 11) is 0. The highest BCUT2D eigenvalue weighted by Gasteiger charge is 2.17. The molecular weight excluding hydrogens is 384 g/mol. The number of para-hydroxylation sites is 1.